The number of nitrogens with zero attached hydrogens (tertiary/aromatic N) is 1. The van der Waals surface area contributed by atoms with Crippen molar-refractivity contribution in [3.63, 3.8) is 0 Å². The van der Waals surface area contributed by atoms with Crippen LogP contribution in [0.4, 0.5) is 4.79 Å². The topological polar surface area (TPSA) is 69.6 Å². The van der Waals surface area contributed by atoms with Gasteiger partial charge in [-0.05, 0) is 39.5 Å². The molecule has 1 rings (SSSR count). The van der Waals surface area contributed by atoms with Crippen LogP contribution in [0.15, 0.2) is 0 Å². The Balaban J connectivity index is 2.66. The van der Waals surface area contributed by atoms with Crippen LogP contribution in [0.2, 0.25) is 0 Å². The molecule has 0 radical (unpaired) electrons. The summed E-state index contributed by atoms with van der Waals surface area (Å²) < 4.78 is 0. The van der Waals surface area contributed by atoms with Crippen molar-refractivity contribution >= 4 is 12.0 Å². The molecule has 2 atom stereocenters. The second-order valence-electron chi connectivity index (χ2n) is 5.54. The van der Waals surface area contributed by atoms with E-state index in [2.05, 4.69) is 12.2 Å². The molecular weight excluding hydrogens is 220 g/mol. The van der Waals surface area contributed by atoms with Crippen molar-refractivity contribution in [2.75, 3.05) is 6.54 Å². The molecule has 0 aromatic carbocycles. The van der Waals surface area contributed by atoms with Crippen LogP contribution < -0.4 is 5.32 Å². The molecule has 1 fully saturated rings. The third-order valence-electron chi connectivity index (χ3n) is 3.33. The van der Waals surface area contributed by atoms with E-state index < -0.39 is 11.5 Å². The summed E-state index contributed by atoms with van der Waals surface area (Å²) in [5.74, 6) is -0.548. The Labute approximate surface area is 102 Å². The summed E-state index contributed by atoms with van der Waals surface area (Å²) in [4.78, 5) is 24.7. The minimum atomic E-state index is -1.22. The van der Waals surface area contributed by atoms with E-state index in [-0.39, 0.29) is 12.1 Å². The molecule has 0 saturated carbocycles. The van der Waals surface area contributed by atoms with E-state index >= 15 is 0 Å². The standard InChI is InChI=1S/C12H22N2O3/c1-8-5-6-9(2)14(7-8)11(17)13-12(3,4)10(15)16/h8-9H,5-7H2,1-4H3,(H,13,17)(H,15,16). The fourth-order valence-corrected chi connectivity index (χ4v) is 1.96. The number of nitrogens with one attached hydrogen (secondary N) is 1. The lowest BCUT2D eigenvalue weighted by Crippen LogP contribution is -2.57. The highest BCUT2D eigenvalue weighted by molar-refractivity contribution is 5.85. The summed E-state index contributed by atoms with van der Waals surface area (Å²) in [6, 6.07) is -0.104. The van der Waals surface area contributed by atoms with Crippen LogP contribution in [0.5, 0.6) is 0 Å². The minimum Gasteiger partial charge on any atom is -0.480 e. The van der Waals surface area contributed by atoms with Gasteiger partial charge in [0.1, 0.15) is 5.54 Å². The predicted molar refractivity (Wildman–Crippen MR) is 64.8 cm³/mol. The van der Waals surface area contributed by atoms with E-state index in [1.165, 1.54) is 13.8 Å². The Kier molecular flexibility index (Phi) is 4.01. The van der Waals surface area contributed by atoms with Gasteiger partial charge >= 0.3 is 12.0 Å². The number of carboxylic acid groups (broad SMARTS) is 1. The van der Waals surface area contributed by atoms with E-state index in [4.69, 9.17) is 5.11 Å². The Morgan fingerprint density at radius 3 is 2.41 bits per heavy atom. The molecule has 98 valence electrons. The molecule has 5 nitrogen and oxygen atoms in total. The summed E-state index contributed by atoms with van der Waals surface area (Å²) in [7, 11) is 0. The normalized spacial score (nSPS) is 25.5. The van der Waals surface area contributed by atoms with Gasteiger partial charge in [-0.25, -0.2) is 9.59 Å². The van der Waals surface area contributed by atoms with Crippen molar-refractivity contribution in [3.8, 4) is 0 Å². The number of piperidine rings is 1. The van der Waals surface area contributed by atoms with Gasteiger partial charge in [-0.3, -0.25) is 0 Å². The lowest BCUT2D eigenvalue weighted by molar-refractivity contribution is -0.143. The smallest absolute Gasteiger partial charge is 0.328 e. The van der Waals surface area contributed by atoms with Gasteiger partial charge in [0.15, 0.2) is 0 Å². The van der Waals surface area contributed by atoms with Crippen LogP contribution in [-0.2, 0) is 4.79 Å². The highest BCUT2D eigenvalue weighted by Crippen LogP contribution is 2.21. The molecule has 0 aliphatic carbocycles. The third kappa shape index (κ3) is 3.35. The summed E-state index contributed by atoms with van der Waals surface area (Å²) in [5, 5.41) is 11.5. The van der Waals surface area contributed by atoms with Crippen LogP contribution in [0.3, 0.4) is 0 Å². The Bertz CT molecular complexity index is 315. The molecule has 0 spiro atoms. The first-order valence-electron chi connectivity index (χ1n) is 6.06. The first-order chi connectivity index (χ1) is 7.74. The van der Waals surface area contributed by atoms with Crippen molar-refractivity contribution in [2.45, 2.75) is 52.1 Å². The molecule has 0 bridgehead atoms. The maximum Gasteiger partial charge on any atom is 0.328 e. The zero-order chi connectivity index (χ0) is 13.2. The highest BCUT2D eigenvalue weighted by atomic mass is 16.4. The minimum absolute atomic E-state index is 0.177. The molecule has 1 aliphatic rings. The van der Waals surface area contributed by atoms with E-state index in [0.717, 1.165) is 12.8 Å². The molecular formula is C12H22N2O3. The number of carbonyl (C=O) groups is 2. The van der Waals surface area contributed by atoms with Crippen LogP contribution >= 0.6 is 0 Å². The van der Waals surface area contributed by atoms with Gasteiger partial charge in [0, 0.05) is 12.6 Å². The monoisotopic (exact) mass is 242 g/mol. The third-order valence-corrected chi connectivity index (χ3v) is 3.33. The summed E-state index contributed by atoms with van der Waals surface area (Å²) in [6.45, 7) is 7.78. The van der Waals surface area contributed by atoms with Crippen LogP contribution in [0.1, 0.15) is 40.5 Å². The zero-order valence-electron chi connectivity index (χ0n) is 11.0. The Morgan fingerprint density at radius 1 is 1.29 bits per heavy atom. The Hall–Kier alpha value is -1.26. The van der Waals surface area contributed by atoms with Crippen molar-refractivity contribution in [2.24, 2.45) is 5.92 Å². The van der Waals surface area contributed by atoms with Crippen molar-refractivity contribution in [3.05, 3.63) is 0 Å². The first kappa shape index (κ1) is 13.8. The lowest BCUT2D eigenvalue weighted by Gasteiger charge is -2.38. The molecule has 2 amide bonds. The maximum atomic E-state index is 12.0. The van der Waals surface area contributed by atoms with E-state index in [1.807, 2.05) is 6.92 Å². The van der Waals surface area contributed by atoms with E-state index in [1.54, 1.807) is 4.90 Å². The van der Waals surface area contributed by atoms with Crippen molar-refractivity contribution in [1.82, 2.24) is 10.2 Å². The average Bonchev–Trinajstić information content (AvgIpc) is 2.20. The second-order valence-corrected chi connectivity index (χ2v) is 5.54. The van der Waals surface area contributed by atoms with E-state index in [0.29, 0.717) is 12.5 Å². The fourth-order valence-electron chi connectivity index (χ4n) is 1.96. The summed E-state index contributed by atoms with van der Waals surface area (Å²) in [6.07, 6.45) is 2.09. The van der Waals surface area contributed by atoms with Gasteiger partial charge in [0.05, 0.1) is 0 Å². The van der Waals surface area contributed by atoms with Gasteiger partial charge in [0.2, 0.25) is 0 Å². The number of hydrogen-bond acceptors (Lipinski definition) is 2. The average molecular weight is 242 g/mol. The van der Waals surface area contributed by atoms with Gasteiger partial charge < -0.3 is 15.3 Å². The highest BCUT2D eigenvalue weighted by Gasteiger charge is 2.33. The molecule has 0 aromatic heterocycles. The van der Waals surface area contributed by atoms with Gasteiger partial charge in [0.25, 0.3) is 0 Å². The van der Waals surface area contributed by atoms with Gasteiger partial charge in [-0.2, -0.15) is 0 Å². The molecule has 0 aromatic rings. The number of rotatable bonds is 2. The number of carbonyl (C=O) groups excluding carboxylic acids is 1. The number of likely N-dealkylation sites (tertiary alicyclic amines) is 1. The molecule has 17 heavy (non-hydrogen) atoms. The summed E-state index contributed by atoms with van der Waals surface area (Å²) in [5.41, 5.74) is -1.22. The quantitative estimate of drug-likeness (QED) is 0.774. The zero-order valence-corrected chi connectivity index (χ0v) is 11.0. The molecule has 2 N–H and O–H groups in total. The second kappa shape index (κ2) is 4.94. The number of carboxylic acids is 1. The van der Waals surface area contributed by atoms with Gasteiger partial charge in [-0.1, -0.05) is 6.92 Å². The van der Waals surface area contributed by atoms with Crippen LogP contribution in [0, 0.1) is 5.92 Å². The van der Waals surface area contributed by atoms with Crippen molar-refractivity contribution in [1.29, 1.82) is 0 Å². The van der Waals surface area contributed by atoms with Crippen LogP contribution in [-0.4, -0.2) is 40.1 Å². The first-order valence-corrected chi connectivity index (χ1v) is 6.06. The molecule has 1 aliphatic heterocycles. The number of amides is 2. The molecule has 5 heteroatoms. The molecule has 1 saturated heterocycles. The number of hydrogen-bond donors (Lipinski definition) is 2. The molecule has 1 heterocycles. The molecule has 2 unspecified atom stereocenters. The summed E-state index contributed by atoms with van der Waals surface area (Å²) >= 11 is 0. The van der Waals surface area contributed by atoms with Crippen molar-refractivity contribution < 1.29 is 14.7 Å². The number of urea groups is 1. The number of aliphatic carboxylic acids is 1. The van der Waals surface area contributed by atoms with E-state index in [9.17, 15) is 9.59 Å². The van der Waals surface area contributed by atoms with Crippen LogP contribution in [0.25, 0.3) is 0 Å². The Morgan fingerprint density at radius 2 is 1.88 bits per heavy atom. The SMILES string of the molecule is CC1CCC(C)N(C(=O)NC(C)(C)C(=O)O)C1. The van der Waals surface area contributed by atoms with Gasteiger partial charge in [-0.15, -0.1) is 0 Å². The largest absolute Gasteiger partial charge is 0.480 e. The predicted octanol–water partition coefficient (Wildman–Crippen LogP) is 1.68. The maximum absolute atomic E-state index is 12.0. The fraction of sp³-hybridized carbons (Fsp3) is 0.833. The lowest BCUT2D eigenvalue weighted by atomic mass is 9.95.